The molecule has 2 heterocycles. The van der Waals surface area contributed by atoms with Gasteiger partial charge in [0.2, 0.25) is 0 Å². The lowest BCUT2D eigenvalue weighted by molar-refractivity contribution is -0.0385. The summed E-state index contributed by atoms with van der Waals surface area (Å²) in [7, 11) is 1.87. The normalized spacial score (nSPS) is 27.9. The number of likely N-dealkylation sites (tertiary alicyclic amines) is 1. The summed E-state index contributed by atoms with van der Waals surface area (Å²) >= 11 is 0. The predicted octanol–water partition coefficient (Wildman–Crippen LogP) is 3.05. The third-order valence-corrected chi connectivity index (χ3v) is 5.29. The Morgan fingerprint density at radius 1 is 1.23 bits per heavy atom. The van der Waals surface area contributed by atoms with Crippen LogP contribution in [-0.4, -0.2) is 50.5 Å². The minimum absolute atomic E-state index is 0.400. The van der Waals surface area contributed by atoms with Crippen LogP contribution in [0.1, 0.15) is 30.4 Å². The molecule has 0 radical (unpaired) electrons. The highest BCUT2D eigenvalue weighted by atomic mass is 16.5. The number of rotatable bonds is 4. The van der Waals surface area contributed by atoms with Crippen molar-refractivity contribution in [1.82, 2.24) is 4.90 Å². The van der Waals surface area contributed by atoms with Crippen molar-refractivity contribution in [3.05, 3.63) is 35.4 Å². The Kier molecular flexibility index (Phi) is 5.51. The van der Waals surface area contributed by atoms with E-state index in [4.69, 9.17) is 9.47 Å². The van der Waals surface area contributed by atoms with Crippen LogP contribution >= 0.6 is 0 Å². The average molecular weight is 303 g/mol. The molecule has 122 valence electrons. The molecule has 0 saturated carbocycles. The van der Waals surface area contributed by atoms with Crippen LogP contribution in [-0.2, 0) is 15.9 Å². The second kappa shape index (κ2) is 7.58. The first kappa shape index (κ1) is 16.0. The molecule has 2 aliphatic rings. The van der Waals surface area contributed by atoms with Crippen molar-refractivity contribution in [2.24, 2.45) is 5.92 Å². The van der Waals surface area contributed by atoms with Gasteiger partial charge in [-0.1, -0.05) is 29.8 Å². The molecule has 2 saturated heterocycles. The van der Waals surface area contributed by atoms with Gasteiger partial charge in [-0.05, 0) is 38.2 Å². The second-order valence-corrected chi connectivity index (χ2v) is 6.85. The number of methoxy groups -OCH3 is 1. The topological polar surface area (TPSA) is 21.7 Å². The van der Waals surface area contributed by atoms with E-state index in [1.54, 1.807) is 0 Å². The average Bonchev–Trinajstić information content (AvgIpc) is 2.56. The molecule has 0 amide bonds. The van der Waals surface area contributed by atoms with Gasteiger partial charge in [-0.2, -0.15) is 0 Å². The van der Waals surface area contributed by atoms with Crippen molar-refractivity contribution in [3.8, 4) is 0 Å². The van der Waals surface area contributed by atoms with Gasteiger partial charge in [0.25, 0.3) is 0 Å². The number of ether oxygens (including phenoxy) is 2. The van der Waals surface area contributed by atoms with Gasteiger partial charge in [0.05, 0.1) is 6.10 Å². The van der Waals surface area contributed by atoms with E-state index in [9.17, 15) is 0 Å². The fourth-order valence-electron chi connectivity index (χ4n) is 4.07. The van der Waals surface area contributed by atoms with Gasteiger partial charge in [0.1, 0.15) is 0 Å². The monoisotopic (exact) mass is 303 g/mol. The smallest absolute Gasteiger partial charge is 0.0627 e. The third-order valence-electron chi connectivity index (χ3n) is 5.29. The maximum atomic E-state index is 5.79. The molecule has 0 unspecified atom stereocenters. The van der Waals surface area contributed by atoms with Crippen molar-refractivity contribution in [1.29, 1.82) is 0 Å². The molecule has 3 heteroatoms. The first-order valence-electron chi connectivity index (χ1n) is 8.66. The molecule has 0 bridgehead atoms. The van der Waals surface area contributed by atoms with E-state index in [2.05, 4.69) is 36.1 Å². The summed E-state index contributed by atoms with van der Waals surface area (Å²) in [5, 5.41) is 0. The molecule has 1 aromatic rings. The van der Waals surface area contributed by atoms with Gasteiger partial charge in [-0.15, -0.1) is 0 Å². The van der Waals surface area contributed by atoms with E-state index < -0.39 is 0 Å². The summed E-state index contributed by atoms with van der Waals surface area (Å²) in [5.41, 5.74) is 2.80. The summed E-state index contributed by atoms with van der Waals surface area (Å²) in [6.45, 7) is 6.37. The minimum Gasteiger partial charge on any atom is -0.381 e. The molecule has 0 aliphatic carbocycles. The number of benzene rings is 1. The maximum Gasteiger partial charge on any atom is 0.0627 e. The van der Waals surface area contributed by atoms with Crippen molar-refractivity contribution >= 4 is 0 Å². The largest absolute Gasteiger partial charge is 0.381 e. The number of hydrogen-bond acceptors (Lipinski definition) is 3. The SMILES string of the molecule is CO[C@@H]1CCN(C2CCOCC2)C[C@H]1Cc1cccc(C)c1. The fraction of sp³-hybridized carbons (Fsp3) is 0.684. The molecule has 2 aliphatic heterocycles. The summed E-state index contributed by atoms with van der Waals surface area (Å²) < 4.78 is 11.3. The summed E-state index contributed by atoms with van der Waals surface area (Å²) in [6, 6.07) is 9.64. The van der Waals surface area contributed by atoms with E-state index in [0.717, 1.165) is 32.6 Å². The second-order valence-electron chi connectivity index (χ2n) is 6.85. The van der Waals surface area contributed by atoms with Crippen LogP contribution in [0.2, 0.25) is 0 Å². The van der Waals surface area contributed by atoms with E-state index in [1.807, 2.05) is 7.11 Å². The van der Waals surface area contributed by atoms with Gasteiger partial charge < -0.3 is 9.47 Å². The zero-order valence-electron chi connectivity index (χ0n) is 14.0. The van der Waals surface area contributed by atoms with Gasteiger partial charge >= 0.3 is 0 Å². The van der Waals surface area contributed by atoms with Crippen LogP contribution in [0.3, 0.4) is 0 Å². The highest BCUT2D eigenvalue weighted by molar-refractivity contribution is 5.23. The van der Waals surface area contributed by atoms with Crippen molar-refractivity contribution < 1.29 is 9.47 Å². The standard InChI is InChI=1S/C19H29NO2/c1-15-4-3-5-16(12-15)13-17-14-20(9-6-19(17)21-2)18-7-10-22-11-8-18/h3-5,12,17-19H,6-11,13-14H2,1-2H3/t17-,19-/m1/s1. The lowest BCUT2D eigenvalue weighted by Crippen LogP contribution is -2.50. The Hall–Kier alpha value is -0.900. The number of nitrogens with zero attached hydrogens (tertiary/aromatic N) is 1. The van der Waals surface area contributed by atoms with Gasteiger partial charge in [-0.3, -0.25) is 4.90 Å². The van der Waals surface area contributed by atoms with Crippen molar-refractivity contribution in [2.45, 2.75) is 44.8 Å². The molecule has 3 nitrogen and oxygen atoms in total. The molecule has 0 N–H and O–H groups in total. The first-order valence-corrected chi connectivity index (χ1v) is 8.66. The number of hydrogen-bond donors (Lipinski definition) is 0. The minimum atomic E-state index is 0.400. The van der Waals surface area contributed by atoms with Crippen LogP contribution in [0.5, 0.6) is 0 Å². The van der Waals surface area contributed by atoms with E-state index in [0.29, 0.717) is 18.1 Å². The molecule has 0 aromatic heterocycles. The van der Waals surface area contributed by atoms with E-state index in [-0.39, 0.29) is 0 Å². The first-order chi connectivity index (χ1) is 10.8. The quantitative estimate of drug-likeness (QED) is 0.853. The Labute approximate surface area is 134 Å². The molecule has 22 heavy (non-hydrogen) atoms. The Bertz CT molecular complexity index is 470. The molecule has 3 rings (SSSR count). The van der Waals surface area contributed by atoms with E-state index >= 15 is 0 Å². The van der Waals surface area contributed by atoms with Gasteiger partial charge in [0.15, 0.2) is 0 Å². The molecular formula is C19H29NO2. The lowest BCUT2D eigenvalue weighted by atomic mass is 9.87. The zero-order chi connectivity index (χ0) is 15.4. The highest BCUT2D eigenvalue weighted by Crippen LogP contribution is 2.27. The van der Waals surface area contributed by atoms with Gasteiger partial charge in [0, 0.05) is 45.4 Å². The van der Waals surface area contributed by atoms with Crippen molar-refractivity contribution in [3.63, 3.8) is 0 Å². The van der Waals surface area contributed by atoms with Crippen LogP contribution in [0.15, 0.2) is 24.3 Å². The maximum absolute atomic E-state index is 5.79. The number of piperidine rings is 1. The summed E-state index contributed by atoms with van der Waals surface area (Å²) in [5.74, 6) is 0.600. The van der Waals surface area contributed by atoms with Crippen LogP contribution in [0.25, 0.3) is 0 Å². The summed E-state index contributed by atoms with van der Waals surface area (Å²) in [6.07, 6.45) is 5.06. The third kappa shape index (κ3) is 3.89. The zero-order valence-corrected chi connectivity index (χ0v) is 14.0. The fourth-order valence-corrected chi connectivity index (χ4v) is 4.07. The van der Waals surface area contributed by atoms with Crippen LogP contribution in [0.4, 0.5) is 0 Å². The highest BCUT2D eigenvalue weighted by Gasteiger charge is 2.33. The lowest BCUT2D eigenvalue weighted by Gasteiger charge is -2.43. The van der Waals surface area contributed by atoms with Crippen LogP contribution < -0.4 is 0 Å². The predicted molar refractivity (Wildman–Crippen MR) is 89.2 cm³/mol. The Morgan fingerprint density at radius 2 is 2.05 bits per heavy atom. The molecule has 0 spiro atoms. The molecule has 1 aromatic carbocycles. The Morgan fingerprint density at radius 3 is 2.77 bits per heavy atom. The molecular weight excluding hydrogens is 274 g/mol. The van der Waals surface area contributed by atoms with Gasteiger partial charge in [-0.25, -0.2) is 0 Å². The molecule has 2 fully saturated rings. The van der Waals surface area contributed by atoms with E-state index in [1.165, 1.54) is 30.5 Å². The van der Waals surface area contributed by atoms with Crippen molar-refractivity contribution in [2.75, 3.05) is 33.4 Å². The molecule has 2 atom stereocenters. The van der Waals surface area contributed by atoms with Crippen LogP contribution in [0, 0.1) is 12.8 Å². The Balaban J connectivity index is 1.66. The summed E-state index contributed by atoms with van der Waals surface area (Å²) in [4.78, 5) is 2.69. The number of aryl methyl sites for hydroxylation is 1.